The highest BCUT2D eigenvalue weighted by atomic mass is 35.5. The first kappa shape index (κ1) is 22.3. The van der Waals surface area contributed by atoms with E-state index in [1.54, 1.807) is 0 Å². The van der Waals surface area contributed by atoms with Crippen molar-refractivity contribution in [1.29, 1.82) is 0 Å². The van der Waals surface area contributed by atoms with Gasteiger partial charge < -0.3 is 21.1 Å². The Morgan fingerprint density at radius 1 is 1.12 bits per heavy atom. The fraction of sp³-hybridized carbons (Fsp3) is 0.316. The van der Waals surface area contributed by atoms with E-state index in [0.29, 0.717) is 6.61 Å². The Kier molecular flexibility index (Phi) is 9.44. The molecule has 1 heterocycles. The van der Waals surface area contributed by atoms with Crippen molar-refractivity contribution in [3.8, 4) is 16.9 Å². The van der Waals surface area contributed by atoms with Crippen LogP contribution in [-0.4, -0.2) is 37.7 Å². The average Bonchev–Trinajstić information content (AvgIpc) is 3.08. The van der Waals surface area contributed by atoms with E-state index < -0.39 is 0 Å². The molecule has 0 bridgehead atoms. The van der Waals surface area contributed by atoms with Crippen LogP contribution in [0.4, 0.5) is 0 Å². The number of rotatable bonds is 6. The number of ether oxygens (including phenoxy) is 1. The van der Waals surface area contributed by atoms with Gasteiger partial charge in [0.2, 0.25) is 5.91 Å². The Morgan fingerprint density at radius 3 is 2.58 bits per heavy atom. The van der Waals surface area contributed by atoms with Crippen LogP contribution < -0.4 is 21.1 Å². The van der Waals surface area contributed by atoms with Crippen molar-refractivity contribution in [2.75, 3.05) is 19.7 Å². The molecule has 3 rings (SSSR count). The largest absolute Gasteiger partial charge is 0.492 e. The smallest absolute Gasteiger partial charge is 0.233 e. The SMILES string of the molecule is Cl.Cl.NCC(=O)N[C@@H]1CN[C@@H](COc2cccc(-c3ccccc3)c2)C1. The molecular formula is C19H25Cl2N3O2. The molecule has 1 saturated heterocycles. The molecule has 2 aromatic rings. The standard InChI is InChI=1S/C19H23N3O2.2ClH/c20-11-19(23)22-16-10-17(21-12-16)13-24-18-8-4-7-15(9-18)14-5-2-1-3-6-14;;/h1-9,16-17,21H,10-13,20H2,(H,22,23);2*1H/t16-,17+;;/m0../s1. The Hall–Kier alpha value is -1.79. The van der Waals surface area contributed by atoms with Crippen LogP contribution in [0.15, 0.2) is 54.6 Å². The molecule has 0 radical (unpaired) electrons. The fourth-order valence-electron chi connectivity index (χ4n) is 2.94. The molecule has 2 aromatic carbocycles. The summed E-state index contributed by atoms with van der Waals surface area (Å²) >= 11 is 0. The van der Waals surface area contributed by atoms with Gasteiger partial charge in [-0.15, -0.1) is 24.8 Å². The summed E-state index contributed by atoms with van der Waals surface area (Å²) < 4.78 is 5.93. The first-order valence-corrected chi connectivity index (χ1v) is 8.25. The summed E-state index contributed by atoms with van der Waals surface area (Å²) in [5.41, 5.74) is 7.64. The van der Waals surface area contributed by atoms with Crippen molar-refractivity contribution in [2.45, 2.75) is 18.5 Å². The molecule has 1 fully saturated rings. The van der Waals surface area contributed by atoms with E-state index in [0.717, 1.165) is 24.3 Å². The third-order valence-electron chi connectivity index (χ3n) is 4.16. The molecule has 4 N–H and O–H groups in total. The Balaban J connectivity index is 0.00000169. The fourth-order valence-corrected chi connectivity index (χ4v) is 2.94. The van der Waals surface area contributed by atoms with Crippen LogP contribution in [0.1, 0.15) is 6.42 Å². The van der Waals surface area contributed by atoms with E-state index >= 15 is 0 Å². The molecule has 2 atom stereocenters. The van der Waals surface area contributed by atoms with Gasteiger partial charge in [0.05, 0.1) is 6.54 Å². The molecule has 0 saturated carbocycles. The molecule has 7 heteroatoms. The second-order valence-electron chi connectivity index (χ2n) is 6.01. The molecule has 0 aromatic heterocycles. The number of nitrogens with one attached hydrogen (secondary N) is 2. The van der Waals surface area contributed by atoms with Crippen molar-refractivity contribution in [2.24, 2.45) is 5.73 Å². The minimum atomic E-state index is -0.112. The van der Waals surface area contributed by atoms with Gasteiger partial charge in [-0.05, 0) is 29.7 Å². The van der Waals surface area contributed by atoms with Crippen LogP contribution in [0.25, 0.3) is 11.1 Å². The van der Waals surface area contributed by atoms with Crippen molar-refractivity contribution >= 4 is 30.7 Å². The number of carbonyl (C=O) groups excluding carboxylic acids is 1. The Bertz CT molecular complexity index is 685. The summed E-state index contributed by atoms with van der Waals surface area (Å²) in [7, 11) is 0. The highest BCUT2D eigenvalue weighted by Gasteiger charge is 2.25. The minimum absolute atomic E-state index is 0. The topological polar surface area (TPSA) is 76.4 Å². The molecule has 142 valence electrons. The van der Waals surface area contributed by atoms with E-state index in [9.17, 15) is 4.79 Å². The second kappa shape index (κ2) is 11.0. The lowest BCUT2D eigenvalue weighted by molar-refractivity contribution is -0.120. The number of hydrogen-bond donors (Lipinski definition) is 3. The van der Waals surface area contributed by atoms with E-state index in [-0.39, 0.29) is 49.3 Å². The second-order valence-corrected chi connectivity index (χ2v) is 6.01. The van der Waals surface area contributed by atoms with Crippen molar-refractivity contribution in [3.05, 3.63) is 54.6 Å². The van der Waals surface area contributed by atoms with Gasteiger partial charge in [-0.1, -0.05) is 42.5 Å². The van der Waals surface area contributed by atoms with E-state index in [1.807, 2.05) is 30.3 Å². The molecule has 1 aliphatic rings. The maximum Gasteiger partial charge on any atom is 0.233 e. The number of halogens is 2. The van der Waals surface area contributed by atoms with Gasteiger partial charge in [0.1, 0.15) is 12.4 Å². The normalized spacial score (nSPS) is 18.3. The zero-order valence-electron chi connectivity index (χ0n) is 14.4. The van der Waals surface area contributed by atoms with Crippen LogP contribution in [0.5, 0.6) is 5.75 Å². The maximum absolute atomic E-state index is 11.3. The number of amides is 1. The average molecular weight is 398 g/mol. The first-order chi connectivity index (χ1) is 11.7. The van der Waals surface area contributed by atoms with Crippen molar-refractivity contribution in [1.82, 2.24) is 10.6 Å². The number of nitrogens with two attached hydrogens (primary N) is 1. The van der Waals surface area contributed by atoms with E-state index in [4.69, 9.17) is 10.5 Å². The first-order valence-electron chi connectivity index (χ1n) is 8.25. The molecule has 0 aliphatic carbocycles. The Labute approximate surface area is 166 Å². The Morgan fingerprint density at radius 2 is 1.85 bits per heavy atom. The predicted molar refractivity (Wildman–Crippen MR) is 109 cm³/mol. The molecule has 0 unspecified atom stereocenters. The summed E-state index contributed by atoms with van der Waals surface area (Å²) in [5.74, 6) is 0.742. The van der Waals surface area contributed by atoms with Crippen molar-refractivity contribution in [3.63, 3.8) is 0 Å². The molecule has 26 heavy (non-hydrogen) atoms. The van der Waals surface area contributed by atoms with Crippen LogP contribution >= 0.6 is 24.8 Å². The predicted octanol–water partition coefficient (Wildman–Crippen LogP) is 2.38. The number of hydrogen-bond acceptors (Lipinski definition) is 4. The molecule has 0 spiro atoms. The van der Waals surface area contributed by atoms with Crippen molar-refractivity contribution < 1.29 is 9.53 Å². The van der Waals surface area contributed by atoms with Gasteiger partial charge in [0, 0.05) is 18.6 Å². The summed E-state index contributed by atoms with van der Waals surface area (Å²) in [6.45, 7) is 1.36. The van der Waals surface area contributed by atoms with Gasteiger partial charge in [-0.2, -0.15) is 0 Å². The molecular weight excluding hydrogens is 373 g/mol. The molecule has 5 nitrogen and oxygen atoms in total. The molecule has 1 amide bonds. The van der Waals surface area contributed by atoms with Crippen LogP contribution in [0.2, 0.25) is 0 Å². The van der Waals surface area contributed by atoms with Crippen LogP contribution in [-0.2, 0) is 4.79 Å². The van der Waals surface area contributed by atoms with Gasteiger partial charge in [0.25, 0.3) is 0 Å². The third-order valence-corrected chi connectivity index (χ3v) is 4.16. The third kappa shape index (κ3) is 6.18. The highest BCUT2D eigenvalue weighted by molar-refractivity contribution is 5.85. The summed E-state index contributed by atoms with van der Waals surface area (Å²) in [4.78, 5) is 11.3. The van der Waals surface area contributed by atoms with E-state index in [1.165, 1.54) is 5.56 Å². The lowest BCUT2D eigenvalue weighted by atomic mass is 10.1. The van der Waals surface area contributed by atoms with Gasteiger partial charge in [-0.3, -0.25) is 4.79 Å². The lowest BCUT2D eigenvalue weighted by Crippen LogP contribution is -2.39. The van der Waals surface area contributed by atoms with Gasteiger partial charge in [0.15, 0.2) is 0 Å². The summed E-state index contributed by atoms with van der Waals surface area (Å²) in [5, 5.41) is 6.28. The summed E-state index contributed by atoms with van der Waals surface area (Å²) in [6, 6.07) is 18.7. The minimum Gasteiger partial charge on any atom is -0.492 e. The number of carbonyl (C=O) groups is 1. The van der Waals surface area contributed by atoms with Gasteiger partial charge in [-0.25, -0.2) is 0 Å². The lowest BCUT2D eigenvalue weighted by Gasteiger charge is -2.14. The zero-order valence-corrected chi connectivity index (χ0v) is 16.0. The quantitative estimate of drug-likeness (QED) is 0.699. The van der Waals surface area contributed by atoms with Crippen LogP contribution in [0.3, 0.4) is 0 Å². The monoisotopic (exact) mass is 397 g/mol. The van der Waals surface area contributed by atoms with Gasteiger partial charge >= 0.3 is 0 Å². The maximum atomic E-state index is 11.3. The van der Waals surface area contributed by atoms with Crippen LogP contribution in [0, 0.1) is 0 Å². The molecule has 1 aliphatic heterocycles. The summed E-state index contributed by atoms with van der Waals surface area (Å²) in [6.07, 6.45) is 0.851. The highest BCUT2D eigenvalue weighted by Crippen LogP contribution is 2.24. The van der Waals surface area contributed by atoms with E-state index in [2.05, 4.69) is 34.9 Å². The zero-order chi connectivity index (χ0) is 16.8. The number of benzene rings is 2.